The Balaban J connectivity index is 1.49. The number of amides is 2. The maximum atomic E-state index is 12.2. The minimum absolute atomic E-state index is 0.0213. The lowest BCUT2D eigenvalue weighted by atomic mass is 10.2. The molecule has 0 saturated carbocycles. The van der Waals surface area contributed by atoms with E-state index in [1.807, 2.05) is 29.8 Å². The average Bonchev–Trinajstić information content (AvgIpc) is 3.31. The number of likely N-dealkylation sites (tertiary alicyclic amines) is 1. The van der Waals surface area contributed by atoms with E-state index in [9.17, 15) is 4.79 Å². The molecule has 2 aromatic heterocycles. The fraction of sp³-hybridized carbons (Fsp3) is 0.529. The molecule has 1 aliphatic rings. The Morgan fingerprint density at radius 1 is 1.42 bits per heavy atom. The van der Waals surface area contributed by atoms with Gasteiger partial charge < -0.3 is 19.6 Å². The number of urea groups is 1. The van der Waals surface area contributed by atoms with Crippen molar-refractivity contribution in [3.05, 3.63) is 42.9 Å². The van der Waals surface area contributed by atoms with Crippen LogP contribution in [0.2, 0.25) is 0 Å². The van der Waals surface area contributed by atoms with Gasteiger partial charge in [0, 0.05) is 31.5 Å². The third kappa shape index (κ3) is 4.38. The van der Waals surface area contributed by atoms with Gasteiger partial charge in [0.05, 0.1) is 18.6 Å². The molecule has 2 unspecified atom stereocenters. The first-order valence-electron chi connectivity index (χ1n) is 8.50. The Morgan fingerprint density at radius 2 is 2.25 bits per heavy atom. The monoisotopic (exact) mass is 331 g/mol. The van der Waals surface area contributed by atoms with E-state index in [2.05, 4.69) is 20.5 Å². The molecule has 24 heavy (non-hydrogen) atoms. The summed E-state index contributed by atoms with van der Waals surface area (Å²) < 4.78 is 7.51. The molecule has 0 aliphatic carbocycles. The molecule has 2 aromatic rings. The Labute approximate surface area is 142 Å². The van der Waals surface area contributed by atoms with Crippen molar-refractivity contribution in [1.82, 2.24) is 25.1 Å². The molecule has 1 saturated heterocycles. The minimum Gasteiger partial charge on any atom is -0.468 e. The second-order valence-corrected chi connectivity index (χ2v) is 6.29. The molecule has 1 aliphatic heterocycles. The second kappa shape index (κ2) is 8.01. The van der Waals surface area contributed by atoms with Gasteiger partial charge in [-0.25, -0.2) is 9.78 Å². The topological polar surface area (TPSA) is 75.3 Å². The number of carbonyl (C=O) groups excluding carboxylic acids is 1. The maximum Gasteiger partial charge on any atom is 0.315 e. The van der Waals surface area contributed by atoms with Gasteiger partial charge in [-0.15, -0.1) is 0 Å². The summed E-state index contributed by atoms with van der Waals surface area (Å²) in [6.07, 6.45) is 9.45. The molecule has 3 heterocycles. The summed E-state index contributed by atoms with van der Waals surface area (Å²) in [5, 5.41) is 5.94. The van der Waals surface area contributed by atoms with Crippen LogP contribution in [0.4, 0.5) is 4.79 Å². The Morgan fingerprint density at radius 3 is 2.92 bits per heavy atom. The van der Waals surface area contributed by atoms with Crippen molar-refractivity contribution < 1.29 is 9.21 Å². The summed E-state index contributed by atoms with van der Waals surface area (Å²) in [5.74, 6) is 0.906. The first kappa shape index (κ1) is 16.6. The van der Waals surface area contributed by atoms with Crippen LogP contribution in [-0.4, -0.2) is 46.2 Å². The van der Waals surface area contributed by atoms with E-state index in [1.165, 1.54) is 12.8 Å². The van der Waals surface area contributed by atoms with Crippen LogP contribution in [0.25, 0.3) is 0 Å². The first-order valence-corrected chi connectivity index (χ1v) is 8.50. The van der Waals surface area contributed by atoms with Gasteiger partial charge in [-0.1, -0.05) is 0 Å². The van der Waals surface area contributed by atoms with Gasteiger partial charge in [0.25, 0.3) is 0 Å². The Kier molecular flexibility index (Phi) is 5.53. The molecular formula is C17H25N5O2. The van der Waals surface area contributed by atoms with Crippen LogP contribution in [0.15, 0.2) is 41.5 Å². The molecule has 1 fully saturated rings. The van der Waals surface area contributed by atoms with Gasteiger partial charge >= 0.3 is 6.03 Å². The molecule has 7 heteroatoms. The first-order chi connectivity index (χ1) is 11.7. The van der Waals surface area contributed by atoms with Gasteiger partial charge in [-0.3, -0.25) is 4.90 Å². The molecule has 0 bridgehead atoms. The fourth-order valence-corrected chi connectivity index (χ4v) is 3.16. The summed E-state index contributed by atoms with van der Waals surface area (Å²) >= 11 is 0. The molecule has 0 radical (unpaired) electrons. The molecule has 0 aromatic carbocycles. The van der Waals surface area contributed by atoms with Crippen LogP contribution >= 0.6 is 0 Å². The van der Waals surface area contributed by atoms with Gasteiger partial charge in [-0.2, -0.15) is 0 Å². The van der Waals surface area contributed by atoms with Crippen molar-refractivity contribution >= 4 is 6.03 Å². The lowest BCUT2D eigenvalue weighted by Gasteiger charge is -2.26. The van der Waals surface area contributed by atoms with Crippen LogP contribution in [0.3, 0.4) is 0 Å². The molecule has 2 atom stereocenters. The predicted octanol–water partition coefficient (Wildman–Crippen LogP) is 2.00. The highest BCUT2D eigenvalue weighted by atomic mass is 16.3. The third-order valence-corrected chi connectivity index (χ3v) is 4.33. The molecule has 130 valence electrons. The number of aromatic nitrogens is 2. The van der Waals surface area contributed by atoms with E-state index in [0.717, 1.165) is 18.8 Å². The lowest BCUT2D eigenvalue weighted by molar-refractivity contribution is 0.202. The normalized spacial score (nSPS) is 17.5. The smallest absolute Gasteiger partial charge is 0.315 e. The van der Waals surface area contributed by atoms with Crippen LogP contribution < -0.4 is 10.6 Å². The van der Waals surface area contributed by atoms with Crippen molar-refractivity contribution in [2.45, 2.75) is 38.4 Å². The number of nitrogens with zero attached hydrogens (tertiary/aromatic N) is 3. The van der Waals surface area contributed by atoms with Crippen molar-refractivity contribution in [2.75, 3.05) is 19.6 Å². The maximum absolute atomic E-state index is 12.2. The molecule has 0 spiro atoms. The highest BCUT2D eigenvalue weighted by molar-refractivity contribution is 5.74. The summed E-state index contributed by atoms with van der Waals surface area (Å²) in [4.78, 5) is 18.5. The molecule has 2 N–H and O–H groups in total. The van der Waals surface area contributed by atoms with Gasteiger partial charge in [-0.05, 0) is 45.0 Å². The third-order valence-electron chi connectivity index (χ3n) is 4.33. The van der Waals surface area contributed by atoms with E-state index in [0.29, 0.717) is 13.1 Å². The van der Waals surface area contributed by atoms with E-state index in [4.69, 9.17) is 4.42 Å². The Hall–Kier alpha value is -2.28. The standard InChI is InChI=1S/C17H25N5O2/c1-14(12-21-9-6-18-13-21)20-17(23)19-11-15(16-5-4-10-24-16)22-7-2-3-8-22/h4-6,9-10,13-15H,2-3,7-8,11-12H2,1H3,(H2,19,20,23). The van der Waals surface area contributed by atoms with Gasteiger partial charge in [0.2, 0.25) is 0 Å². The summed E-state index contributed by atoms with van der Waals surface area (Å²) in [7, 11) is 0. The van der Waals surface area contributed by atoms with Crippen LogP contribution in [0.1, 0.15) is 31.6 Å². The quantitative estimate of drug-likeness (QED) is 0.814. The predicted molar refractivity (Wildman–Crippen MR) is 90.5 cm³/mol. The minimum atomic E-state index is -0.154. The zero-order chi connectivity index (χ0) is 16.8. The highest BCUT2D eigenvalue weighted by Crippen LogP contribution is 2.24. The van der Waals surface area contributed by atoms with E-state index >= 15 is 0 Å². The summed E-state index contributed by atoms with van der Waals surface area (Å²) in [6, 6.07) is 3.83. The number of imidazole rings is 1. The fourth-order valence-electron chi connectivity index (χ4n) is 3.16. The number of hydrogen-bond acceptors (Lipinski definition) is 4. The van der Waals surface area contributed by atoms with E-state index in [-0.39, 0.29) is 18.1 Å². The van der Waals surface area contributed by atoms with E-state index < -0.39 is 0 Å². The van der Waals surface area contributed by atoms with Crippen molar-refractivity contribution in [3.63, 3.8) is 0 Å². The average molecular weight is 331 g/mol. The largest absolute Gasteiger partial charge is 0.468 e. The van der Waals surface area contributed by atoms with Crippen LogP contribution in [0, 0.1) is 0 Å². The Bertz CT molecular complexity index is 605. The molecule has 7 nitrogen and oxygen atoms in total. The zero-order valence-electron chi connectivity index (χ0n) is 14.0. The number of hydrogen-bond donors (Lipinski definition) is 2. The van der Waals surface area contributed by atoms with Crippen LogP contribution in [-0.2, 0) is 6.54 Å². The van der Waals surface area contributed by atoms with Gasteiger partial charge in [0.1, 0.15) is 5.76 Å². The number of furan rings is 1. The number of nitrogens with one attached hydrogen (secondary N) is 2. The summed E-state index contributed by atoms with van der Waals surface area (Å²) in [5.41, 5.74) is 0. The molecule has 2 amide bonds. The molecular weight excluding hydrogens is 306 g/mol. The number of rotatable bonds is 7. The van der Waals surface area contributed by atoms with Crippen LogP contribution in [0.5, 0.6) is 0 Å². The highest BCUT2D eigenvalue weighted by Gasteiger charge is 2.26. The lowest BCUT2D eigenvalue weighted by Crippen LogP contribution is -2.45. The zero-order valence-corrected chi connectivity index (χ0v) is 14.0. The van der Waals surface area contributed by atoms with Gasteiger partial charge in [0.15, 0.2) is 0 Å². The second-order valence-electron chi connectivity index (χ2n) is 6.29. The molecule has 3 rings (SSSR count). The summed E-state index contributed by atoms with van der Waals surface area (Å²) in [6.45, 7) is 5.31. The number of carbonyl (C=O) groups is 1. The van der Waals surface area contributed by atoms with E-state index in [1.54, 1.807) is 18.8 Å². The van der Waals surface area contributed by atoms with Crippen molar-refractivity contribution in [2.24, 2.45) is 0 Å². The van der Waals surface area contributed by atoms with Crippen molar-refractivity contribution in [3.8, 4) is 0 Å². The van der Waals surface area contributed by atoms with Crippen molar-refractivity contribution in [1.29, 1.82) is 0 Å². The SMILES string of the molecule is CC(Cn1ccnc1)NC(=O)NCC(c1ccco1)N1CCCC1.